The van der Waals surface area contributed by atoms with Crippen molar-refractivity contribution in [3.8, 4) is 0 Å². The SMILES string of the molecule is CCc1cc(CC)cc(COC(C)C)c1. The fraction of sp³-hybridized carbons (Fsp3) is 0.571. The minimum atomic E-state index is 0.306. The number of aryl methyl sites for hydroxylation is 2. The highest BCUT2D eigenvalue weighted by atomic mass is 16.5. The summed E-state index contributed by atoms with van der Waals surface area (Å²) >= 11 is 0. The quantitative estimate of drug-likeness (QED) is 0.713. The van der Waals surface area contributed by atoms with Crippen LogP contribution in [0.15, 0.2) is 18.2 Å². The molecule has 0 N–H and O–H groups in total. The Morgan fingerprint density at radius 3 is 1.80 bits per heavy atom. The van der Waals surface area contributed by atoms with Gasteiger partial charge in [0.1, 0.15) is 0 Å². The lowest BCUT2D eigenvalue weighted by atomic mass is 10.0. The van der Waals surface area contributed by atoms with E-state index >= 15 is 0 Å². The van der Waals surface area contributed by atoms with Crippen LogP contribution in [0.5, 0.6) is 0 Å². The van der Waals surface area contributed by atoms with Gasteiger partial charge in [0.05, 0.1) is 12.7 Å². The number of ether oxygens (including phenoxy) is 1. The predicted molar refractivity (Wildman–Crippen MR) is 65.1 cm³/mol. The summed E-state index contributed by atoms with van der Waals surface area (Å²) in [6, 6.07) is 6.79. The summed E-state index contributed by atoms with van der Waals surface area (Å²) in [5.74, 6) is 0. The van der Waals surface area contributed by atoms with Crippen molar-refractivity contribution in [1.29, 1.82) is 0 Å². The molecule has 0 amide bonds. The topological polar surface area (TPSA) is 9.23 Å². The predicted octanol–water partition coefficient (Wildman–Crippen LogP) is 3.74. The molecule has 0 spiro atoms. The van der Waals surface area contributed by atoms with Gasteiger partial charge < -0.3 is 4.74 Å². The Labute approximate surface area is 93.5 Å². The number of hydrogen-bond acceptors (Lipinski definition) is 1. The molecule has 1 heteroatoms. The Hall–Kier alpha value is -0.820. The van der Waals surface area contributed by atoms with E-state index in [0.29, 0.717) is 6.10 Å². The monoisotopic (exact) mass is 206 g/mol. The zero-order chi connectivity index (χ0) is 11.3. The van der Waals surface area contributed by atoms with Crippen molar-refractivity contribution in [2.75, 3.05) is 0 Å². The van der Waals surface area contributed by atoms with Crippen LogP contribution in [0.1, 0.15) is 44.4 Å². The van der Waals surface area contributed by atoms with Crippen LogP contribution < -0.4 is 0 Å². The van der Waals surface area contributed by atoms with Crippen molar-refractivity contribution in [3.63, 3.8) is 0 Å². The first kappa shape index (κ1) is 12.3. The fourth-order valence-corrected chi connectivity index (χ4v) is 1.59. The van der Waals surface area contributed by atoms with E-state index in [1.807, 2.05) is 0 Å². The largest absolute Gasteiger partial charge is 0.374 e. The summed E-state index contributed by atoms with van der Waals surface area (Å²) in [4.78, 5) is 0. The van der Waals surface area contributed by atoms with Crippen molar-refractivity contribution in [1.82, 2.24) is 0 Å². The molecule has 1 aromatic rings. The van der Waals surface area contributed by atoms with E-state index in [1.165, 1.54) is 16.7 Å². The molecular weight excluding hydrogens is 184 g/mol. The maximum Gasteiger partial charge on any atom is 0.0720 e. The molecule has 15 heavy (non-hydrogen) atoms. The van der Waals surface area contributed by atoms with Crippen LogP contribution in [0, 0.1) is 0 Å². The number of benzene rings is 1. The molecule has 0 aromatic heterocycles. The molecule has 1 nitrogen and oxygen atoms in total. The van der Waals surface area contributed by atoms with Crippen molar-refractivity contribution in [2.24, 2.45) is 0 Å². The van der Waals surface area contributed by atoms with Crippen LogP contribution in [0.2, 0.25) is 0 Å². The van der Waals surface area contributed by atoms with Crippen LogP contribution in [0.25, 0.3) is 0 Å². The van der Waals surface area contributed by atoms with Gasteiger partial charge in [-0.15, -0.1) is 0 Å². The molecule has 1 aromatic carbocycles. The average Bonchev–Trinajstić information content (AvgIpc) is 2.25. The third-order valence-corrected chi connectivity index (χ3v) is 2.51. The Morgan fingerprint density at radius 2 is 1.40 bits per heavy atom. The third-order valence-electron chi connectivity index (χ3n) is 2.51. The van der Waals surface area contributed by atoms with Gasteiger partial charge in [-0.25, -0.2) is 0 Å². The van der Waals surface area contributed by atoms with Crippen LogP contribution in [0.4, 0.5) is 0 Å². The molecule has 0 heterocycles. The third kappa shape index (κ3) is 4.05. The van der Waals surface area contributed by atoms with Crippen LogP contribution >= 0.6 is 0 Å². The second-order valence-electron chi connectivity index (χ2n) is 4.22. The van der Waals surface area contributed by atoms with Crippen molar-refractivity contribution in [3.05, 3.63) is 34.9 Å². The molecule has 84 valence electrons. The Balaban J connectivity index is 2.77. The lowest BCUT2D eigenvalue weighted by Crippen LogP contribution is -2.03. The Morgan fingerprint density at radius 1 is 0.933 bits per heavy atom. The number of rotatable bonds is 5. The molecule has 0 saturated carbocycles. The van der Waals surface area contributed by atoms with Gasteiger partial charge >= 0.3 is 0 Å². The maximum absolute atomic E-state index is 5.63. The van der Waals surface area contributed by atoms with E-state index in [1.54, 1.807) is 0 Å². The highest BCUT2D eigenvalue weighted by molar-refractivity contribution is 5.30. The lowest BCUT2D eigenvalue weighted by molar-refractivity contribution is 0.0656. The van der Waals surface area contributed by atoms with Gasteiger partial charge in [0.15, 0.2) is 0 Å². The van der Waals surface area contributed by atoms with Gasteiger partial charge in [-0.2, -0.15) is 0 Å². The van der Waals surface area contributed by atoms with Gasteiger partial charge in [0, 0.05) is 0 Å². The first-order chi connectivity index (χ1) is 7.15. The highest BCUT2D eigenvalue weighted by Gasteiger charge is 2.00. The van der Waals surface area contributed by atoms with Gasteiger partial charge in [-0.05, 0) is 43.4 Å². The first-order valence-corrected chi connectivity index (χ1v) is 5.89. The normalized spacial score (nSPS) is 11.0. The summed E-state index contributed by atoms with van der Waals surface area (Å²) in [6.45, 7) is 9.27. The van der Waals surface area contributed by atoms with Crippen molar-refractivity contribution >= 4 is 0 Å². The summed E-state index contributed by atoms with van der Waals surface area (Å²) in [5, 5.41) is 0. The van der Waals surface area contributed by atoms with E-state index < -0.39 is 0 Å². The van der Waals surface area contributed by atoms with Gasteiger partial charge in [0.2, 0.25) is 0 Å². The summed E-state index contributed by atoms with van der Waals surface area (Å²) < 4.78 is 5.63. The first-order valence-electron chi connectivity index (χ1n) is 5.89. The Kier molecular flexibility index (Phi) is 4.83. The molecule has 0 aliphatic carbocycles. The van der Waals surface area contributed by atoms with Crippen molar-refractivity contribution in [2.45, 2.75) is 53.2 Å². The standard InChI is InChI=1S/C14H22O/c1-5-12-7-13(6-2)9-14(8-12)10-15-11(3)4/h7-9,11H,5-6,10H2,1-4H3. The molecule has 0 radical (unpaired) electrons. The average molecular weight is 206 g/mol. The van der Waals surface area contributed by atoms with E-state index in [2.05, 4.69) is 45.9 Å². The molecule has 0 atom stereocenters. The van der Waals surface area contributed by atoms with Crippen LogP contribution in [-0.2, 0) is 24.2 Å². The van der Waals surface area contributed by atoms with E-state index in [-0.39, 0.29) is 0 Å². The smallest absolute Gasteiger partial charge is 0.0720 e. The second kappa shape index (κ2) is 5.92. The molecule has 0 fully saturated rings. The molecule has 0 aliphatic rings. The molecule has 0 aliphatic heterocycles. The van der Waals surface area contributed by atoms with E-state index in [9.17, 15) is 0 Å². The summed E-state index contributed by atoms with van der Waals surface area (Å²) in [7, 11) is 0. The molecule has 0 unspecified atom stereocenters. The van der Waals surface area contributed by atoms with Gasteiger partial charge in [-0.1, -0.05) is 32.0 Å². The summed E-state index contributed by atoms with van der Waals surface area (Å²) in [5.41, 5.74) is 4.13. The fourth-order valence-electron chi connectivity index (χ4n) is 1.59. The minimum absolute atomic E-state index is 0.306. The van der Waals surface area contributed by atoms with Crippen molar-refractivity contribution < 1.29 is 4.74 Å². The minimum Gasteiger partial charge on any atom is -0.374 e. The molecule has 0 bridgehead atoms. The lowest BCUT2D eigenvalue weighted by Gasteiger charge is -2.10. The van der Waals surface area contributed by atoms with E-state index in [4.69, 9.17) is 4.74 Å². The zero-order valence-corrected chi connectivity index (χ0v) is 10.3. The molecule has 0 saturated heterocycles. The van der Waals surface area contributed by atoms with Crippen LogP contribution in [0.3, 0.4) is 0 Å². The maximum atomic E-state index is 5.63. The highest BCUT2D eigenvalue weighted by Crippen LogP contribution is 2.13. The Bertz CT molecular complexity index is 280. The molecule has 1 rings (SSSR count). The van der Waals surface area contributed by atoms with E-state index in [0.717, 1.165) is 19.4 Å². The van der Waals surface area contributed by atoms with Gasteiger partial charge in [0.25, 0.3) is 0 Å². The molecular formula is C14H22O. The van der Waals surface area contributed by atoms with Crippen LogP contribution in [-0.4, -0.2) is 6.10 Å². The van der Waals surface area contributed by atoms with Gasteiger partial charge in [-0.3, -0.25) is 0 Å². The zero-order valence-electron chi connectivity index (χ0n) is 10.3. The second-order valence-corrected chi connectivity index (χ2v) is 4.22. The number of hydrogen-bond donors (Lipinski definition) is 0. The summed E-state index contributed by atoms with van der Waals surface area (Å²) in [6.07, 6.45) is 2.51.